The smallest absolute Gasteiger partial charge is 0.248 e. The van der Waals surface area contributed by atoms with Crippen LogP contribution in [0.2, 0.25) is 5.02 Å². The number of carbonyl (C=O) groups is 1. The van der Waals surface area contributed by atoms with Crippen molar-refractivity contribution in [1.29, 1.82) is 0 Å². The summed E-state index contributed by atoms with van der Waals surface area (Å²) in [5, 5.41) is 3.39. The minimum Gasteiger partial charge on any atom is -0.323 e. The van der Waals surface area contributed by atoms with E-state index in [0.717, 1.165) is 11.3 Å². The molecule has 0 radical (unpaired) electrons. The second kappa shape index (κ2) is 6.03. The Morgan fingerprint density at radius 2 is 1.67 bits per heavy atom. The number of nitrogens with one attached hydrogen (secondary N) is 1. The van der Waals surface area contributed by atoms with Gasteiger partial charge in [-0.2, -0.15) is 0 Å². The van der Waals surface area contributed by atoms with E-state index in [-0.39, 0.29) is 5.91 Å². The highest BCUT2D eigenvalue weighted by Gasteiger charge is 1.98. The van der Waals surface area contributed by atoms with Crippen LogP contribution in [-0.4, -0.2) is 5.91 Å². The predicted molar refractivity (Wildman–Crippen MR) is 75.6 cm³/mol. The zero-order valence-electron chi connectivity index (χ0n) is 9.64. The first-order valence-electron chi connectivity index (χ1n) is 5.54. The van der Waals surface area contributed by atoms with Gasteiger partial charge in [0.1, 0.15) is 0 Å². The Morgan fingerprint density at radius 1 is 1.00 bits per heavy atom. The molecule has 0 heterocycles. The van der Waals surface area contributed by atoms with Gasteiger partial charge in [-0.25, -0.2) is 0 Å². The summed E-state index contributed by atoms with van der Waals surface area (Å²) in [5.74, 6) is -0.180. The van der Waals surface area contributed by atoms with E-state index >= 15 is 0 Å². The van der Waals surface area contributed by atoms with Gasteiger partial charge in [0.15, 0.2) is 0 Å². The lowest BCUT2D eigenvalue weighted by Crippen LogP contribution is -2.07. The van der Waals surface area contributed by atoms with E-state index in [9.17, 15) is 4.79 Å². The third kappa shape index (κ3) is 3.47. The third-order valence-electron chi connectivity index (χ3n) is 2.36. The first-order chi connectivity index (χ1) is 8.75. The molecule has 0 aliphatic rings. The average molecular weight is 258 g/mol. The SMILES string of the molecule is O=C(C=Cc1ccccc1Cl)Nc1ccccc1. The third-order valence-corrected chi connectivity index (χ3v) is 2.71. The maximum atomic E-state index is 11.7. The molecule has 0 bridgehead atoms. The fourth-order valence-electron chi connectivity index (χ4n) is 1.48. The van der Waals surface area contributed by atoms with Crippen LogP contribution < -0.4 is 5.32 Å². The predicted octanol–water partition coefficient (Wildman–Crippen LogP) is 3.99. The van der Waals surface area contributed by atoms with Crippen molar-refractivity contribution in [2.75, 3.05) is 5.32 Å². The zero-order valence-corrected chi connectivity index (χ0v) is 10.4. The van der Waals surface area contributed by atoms with Gasteiger partial charge in [-0.05, 0) is 29.8 Å². The van der Waals surface area contributed by atoms with E-state index in [1.165, 1.54) is 6.08 Å². The number of carbonyl (C=O) groups excluding carboxylic acids is 1. The summed E-state index contributed by atoms with van der Waals surface area (Å²) in [6, 6.07) is 16.7. The van der Waals surface area contributed by atoms with Gasteiger partial charge in [-0.1, -0.05) is 48.0 Å². The number of rotatable bonds is 3. The summed E-state index contributed by atoms with van der Waals surface area (Å²) in [4.78, 5) is 11.7. The molecule has 0 saturated carbocycles. The number of halogens is 1. The summed E-state index contributed by atoms with van der Waals surface area (Å²) in [5.41, 5.74) is 1.59. The average Bonchev–Trinajstić information content (AvgIpc) is 2.39. The molecule has 0 spiro atoms. The van der Waals surface area contributed by atoms with Crippen LogP contribution in [0.3, 0.4) is 0 Å². The number of benzene rings is 2. The first-order valence-corrected chi connectivity index (χ1v) is 5.92. The fraction of sp³-hybridized carbons (Fsp3) is 0. The Hall–Kier alpha value is -2.06. The van der Waals surface area contributed by atoms with Crippen molar-refractivity contribution in [1.82, 2.24) is 0 Å². The Labute approximate surface area is 111 Å². The van der Waals surface area contributed by atoms with Crippen molar-refractivity contribution in [3.63, 3.8) is 0 Å². The molecule has 0 aliphatic heterocycles. The van der Waals surface area contributed by atoms with Gasteiger partial charge in [0, 0.05) is 16.8 Å². The molecule has 3 heteroatoms. The van der Waals surface area contributed by atoms with E-state index in [1.807, 2.05) is 48.5 Å². The van der Waals surface area contributed by atoms with E-state index in [4.69, 9.17) is 11.6 Å². The molecule has 2 aromatic carbocycles. The highest BCUT2D eigenvalue weighted by molar-refractivity contribution is 6.32. The number of para-hydroxylation sites is 1. The molecule has 90 valence electrons. The Bertz CT molecular complexity index is 564. The molecule has 1 N–H and O–H groups in total. The lowest BCUT2D eigenvalue weighted by molar-refractivity contribution is -0.111. The van der Waals surface area contributed by atoms with Gasteiger partial charge >= 0.3 is 0 Å². The summed E-state index contributed by atoms with van der Waals surface area (Å²) in [7, 11) is 0. The molecule has 0 saturated heterocycles. The molecule has 1 amide bonds. The van der Waals surface area contributed by atoms with E-state index in [1.54, 1.807) is 12.1 Å². The molecule has 0 aromatic heterocycles. The molecule has 18 heavy (non-hydrogen) atoms. The molecule has 2 nitrogen and oxygen atoms in total. The normalized spacial score (nSPS) is 10.5. The van der Waals surface area contributed by atoms with Crippen LogP contribution in [-0.2, 0) is 4.79 Å². The van der Waals surface area contributed by atoms with Crippen LogP contribution in [0.5, 0.6) is 0 Å². The number of hydrogen-bond donors (Lipinski definition) is 1. The van der Waals surface area contributed by atoms with Crippen LogP contribution in [0.4, 0.5) is 5.69 Å². The van der Waals surface area contributed by atoms with Gasteiger partial charge in [-0.3, -0.25) is 4.79 Å². The zero-order chi connectivity index (χ0) is 12.8. The highest BCUT2D eigenvalue weighted by Crippen LogP contribution is 2.16. The maximum absolute atomic E-state index is 11.7. The van der Waals surface area contributed by atoms with Gasteiger partial charge in [0.2, 0.25) is 5.91 Å². The maximum Gasteiger partial charge on any atom is 0.248 e. The minimum absolute atomic E-state index is 0.180. The van der Waals surface area contributed by atoms with Crippen molar-refractivity contribution in [2.45, 2.75) is 0 Å². The summed E-state index contributed by atoms with van der Waals surface area (Å²) >= 11 is 5.98. The lowest BCUT2D eigenvalue weighted by atomic mass is 10.2. The number of amides is 1. The van der Waals surface area contributed by atoms with Gasteiger partial charge in [-0.15, -0.1) is 0 Å². The van der Waals surface area contributed by atoms with E-state index < -0.39 is 0 Å². The summed E-state index contributed by atoms with van der Waals surface area (Å²) in [6.07, 6.45) is 3.16. The van der Waals surface area contributed by atoms with Crippen LogP contribution >= 0.6 is 11.6 Å². The summed E-state index contributed by atoms with van der Waals surface area (Å²) < 4.78 is 0. The Morgan fingerprint density at radius 3 is 2.39 bits per heavy atom. The van der Waals surface area contributed by atoms with Crippen LogP contribution in [0.25, 0.3) is 6.08 Å². The van der Waals surface area contributed by atoms with Crippen LogP contribution in [0.15, 0.2) is 60.7 Å². The number of hydrogen-bond acceptors (Lipinski definition) is 1. The topological polar surface area (TPSA) is 29.1 Å². The number of anilines is 1. The monoisotopic (exact) mass is 257 g/mol. The van der Waals surface area contributed by atoms with Crippen molar-refractivity contribution in [2.24, 2.45) is 0 Å². The largest absolute Gasteiger partial charge is 0.323 e. The van der Waals surface area contributed by atoms with Crippen molar-refractivity contribution < 1.29 is 4.79 Å². The first kappa shape index (κ1) is 12.4. The van der Waals surface area contributed by atoms with E-state index in [2.05, 4.69) is 5.32 Å². The molecule has 2 aromatic rings. The summed E-state index contributed by atoms with van der Waals surface area (Å²) in [6.45, 7) is 0. The molecule has 0 fully saturated rings. The molecular formula is C15H12ClNO. The molecule has 0 aliphatic carbocycles. The van der Waals surface area contributed by atoms with Crippen LogP contribution in [0, 0.1) is 0 Å². The molecule has 0 atom stereocenters. The second-order valence-electron chi connectivity index (χ2n) is 3.71. The van der Waals surface area contributed by atoms with Crippen LogP contribution in [0.1, 0.15) is 5.56 Å². The standard InChI is InChI=1S/C15H12ClNO/c16-14-9-5-4-6-12(14)10-11-15(18)17-13-7-2-1-3-8-13/h1-11H,(H,17,18). The lowest BCUT2D eigenvalue weighted by Gasteiger charge is -2.01. The second-order valence-corrected chi connectivity index (χ2v) is 4.12. The van der Waals surface area contributed by atoms with Gasteiger partial charge in [0.05, 0.1) is 0 Å². The van der Waals surface area contributed by atoms with Gasteiger partial charge < -0.3 is 5.32 Å². The molecular weight excluding hydrogens is 246 g/mol. The Kier molecular flexibility index (Phi) is 4.15. The Balaban J connectivity index is 2.02. The molecule has 0 unspecified atom stereocenters. The van der Waals surface area contributed by atoms with Crippen molar-refractivity contribution in [3.8, 4) is 0 Å². The fourth-order valence-corrected chi connectivity index (χ4v) is 1.68. The van der Waals surface area contributed by atoms with Crippen molar-refractivity contribution in [3.05, 3.63) is 71.3 Å². The highest BCUT2D eigenvalue weighted by atomic mass is 35.5. The quantitative estimate of drug-likeness (QED) is 0.828. The van der Waals surface area contributed by atoms with Gasteiger partial charge in [0.25, 0.3) is 0 Å². The minimum atomic E-state index is -0.180. The van der Waals surface area contributed by atoms with Crippen molar-refractivity contribution >= 4 is 29.3 Å². The molecule has 2 rings (SSSR count). The van der Waals surface area contributed by atoms with E-state index in [0.29, 0.717) is 5.02 Å².